The largest absolute Gasteiger partial charge is 0.497 e. The van der Waals surface area contributed by atoms with Crippen molar-refractivity contribution in [3.05, 3.63) is 23.8 Å². The molecule has 5 nitrogen and oxygen atoms in total. The molecule has 0 fully saturated rings. The van der Waals surface area contributed by atoms with Crippen LogP contribution < -0.4 is 10.1 Å². The van der Waals surface area contributed by atoms with Crippen LogP contribution in [0.4, 0.5) is 5.69 Å². The quantitative estimate of drug-likeness (QED) is 0.863. The molecule has 0 bridgehead atoms. The molecular weight excluding hydrogens is 258 g/mol. The van der Waals surface area contributed by atoms with Gasteiger partial charge in [0.2, 0.25) is 6.10 Å². The van der Waals surface area contributed by atoms with Gasteiger partial charge in [-0.2, -0.15) is 0 Å². The molecule has 20 heavy (non-hydrogen) atoms. The number of benzene rings is 1. The summed E-state index contributed by atoms with van der Waals surface area (Å²) < 4.78 is 10.4. The zero-order valence-electron chi connectivity index (χ0n) is 12.1. The van der Waals surface area contributed by atoms with E-state index in [1.165, 1.54) is 0 Å². The van der Waals surface area contributed by atoms with E-state index in [-0.39, 0.29) is 23.7 Å². The van der Waals surface area contributed by atoms with Crippen molar-refractivity contribution in [1.82, 2.24) is 0 Å². The van der Waals surface area contributed by atoms with E-state index in [9.17, 15) is 9.59 Å². The van der Waals surface area contributed by atoms with Gasteiger partial charge in [0.15, 0.2) is 0 Å². The first kappa shape index (κ1) is 14.4. The van der Waals surface area contributed by atoms with Crippen LogP contribution in [0, 0.1) is 5.41 Å². The van der Waals surface area contributed by atoms with Gasteiger partial charge in [0.05, 0.1) is 19.2 Å². The normalized spacial score (nSPS) is 17.4. The molecule has 1 atom stereocenters. The second-order valence-corrected chi connectivity index (χ2v) is 6.05. The summed E-state index contributed by atoms with van der Waals surface area (Å²) in [6, 6.07) is 5.19. The summed E-state index contributed by atoms with van der Waals surface area (Å²) in [5.41, 5.74) is 1.12. The van der Waals surface area contributed by atoms with Gasteiger partial charge in [0.25, 0.3) is 5.91 Å². The zero-order chi connectivity index (χ0) is 14.9. The van der Waals surface area contributed by atoms with Crippen LogP contribution in [0.3, 0.4) is 0 Å². The lowest BCUT2D eigenvalue weighted by atomic mass is 9.92. The lowest BCUT2D eigenvalue weighted by Crippen LogP contribution is -2.22. The van der Waals surface area contributed by atoms with Crippen LogP contribution in [0.15, 0.2) is 18.2 Å². The highest BCUT2D eigenvalue weighted by Crippen LogP contribution is 2.36. The minimum absolute atomic E-state index is 0.172. The van der Waals surface area contributed by atoms with Gasteiger partial charge in [-0.3, -0.25) is 9.59 Å². The van der Waals surface area contributed by atoms with E-state index in [2.05, 4.69) is 5.32 Å². The third-order valence-electron chi connectivity index (χ3n) is 2.96. The molecule has 1 aromatic carbocycles. The maximum Gasteiger partial charge on any atom is 0.307 e. The van der Waals surface area contributed by atoms with Crippen LogP contribution >= 0.6 is 0 Å². The highest BCUT2D eigenvalue weighted by Gasteiger charge is 2.34. The van der Waals surface area contributed by atoms with Gasteiger partial charge in [0.1, 0.15) is 5.75 Å². The van der Waals surface area contributed by atoms with Crippen LogP contribution in [0.2, 0.25) is 0 Å². The number of carbonyl (C=O) groups excluding carboxylic acids is 2. The predicted octanol–water partition coefficient (Wildman–Crippen LogP) is 2.67. The molecule has 2 rings (SSSR count). The number of hydrogen-bond acceptors (Lipinski definition) is 4. The Kier molecular flexibility index (Phi) is 3.70. The van der Waals surface area contributed by atoms with E-state index < -0.39 is 6.10 Å². The average molecular weight is 277 g/mol. The Labute approximate surface area is 118 Å². The Bertz CT molecular complexity index is 545. The first-order valence-corrected chi connectivity index (χ1v) is 6.48. The summed E-state index contributed by atoms with van der Waals surface area (Å²) in [6.45, 7) is 5.84. The molecule has 0 saturated carbocycles. The molecule has 0 aromatic heterocycles. The molecule has 1 amide bonds. The van der Waals surface area contributed by atoms with Crippen molar-refractivity contribution in [3.8, 4) is 5.75 Å². The fraction of sp³-hybridized carbons (Fsp3) is 0.467. The molecule has 0 aliphatic carbocycles. The van der Waals surface area contributed by atoms with Crippen molar-refractivity contribution in [2.45, 2.75) is 33.3 Å². The Balaban J connectivity index is 2.15. The molecule has 0 radical (unpaired) electrons. The van der Waals surface area contributed by atoms with Crippen molar-refractivity contribution in [2.24, 2.45) is 5.41 Å². The molecule has 1 heterocycles. The fourth-order valence-electron chi connectivity index (χ4n) is 2.06. The van der Waals surface area contributed by atoms with Gasteiger partial charge < -0.3 is 14.8 Å². The van der Waals surface area contributed by atoms with E-state index >= 15 is 0 Å². The summed E-state index contributed by atoms with van der Waals surface area (Å²) >= 11 is 0. The van der Waals surface area contributed by atoms with Gasteiger partial charge in [-0.25, -0.2) is 0 Å². The Morgan fingerprint density at radius 3 is 2.65 bits per heavy atom. The van der Waals surface area contributed by atoms with Crippen molar-refractivity contribution >= 4 is 17.6 Å². The number of ether oxygens (including phenoxy) is 2. The van der Waals surface area contributed by atoms with E-state index in [0.29, 0.717) is 17.0 Å². The van der Waals surface area contributed by atoms with Crippen molar-refractivity contribution < 1.29 is 19.1 Å². The minimum Gasteiger partial charge on any atom is -0.497 e. The molecular formula is C15H19NO4. The molecule has 1 aliphatic rings. The number of rotatable bonds is 3. The molecule has 108 valence electrons. The van der Waals surface area contributed by atoms with Crippen LogP contribution in [0.25, 0.3) is 0 Å². The SMILES string of the molecule is COc1ccc2c(c1)NC(=O)C2OC(=O)CC(C)(C)C. The standard InChI is InChI=1S/C15H19NO4/c1-15(2,3)8-12(17)20-13-10-6-5-9(19-4)7-11(10)16-14(13)18/h5-7,13H,8H2,1-4H3,(H,16,18). The lowest BCUT2D eigenvalue weighted by molar-refractivity contribution is -0.155. The number of esters is 1. The third kappa shape index (κ3) is 3.10. The Hall–Kier alpha value is -2.04. The van der Waals surface area contributed by atoms with Gasteiger partial charge in [0, 0.05) is 11.6 Å². The number of carbonyl (C=O) groups is 2. The predicted molar refractivity (Wildman–Crippen MR) is 74.5 cm³/mol. The lowest BCUT2D eigenvalue weighted by Gasteiger charge is -2.18. The molecule has 1 aliphatic heterocycles. The summed E-state index contributed by atoms with van der Waals surface area (Å²) in [7, 11) is 1.55. The van der Waals surface area contributed by atoms with Gasteiger partial charge >= 0.3 is 5.97 Å². The number of nitrogens with one attached hydrogen (secondary N) is 1. The first-order chi connectivity index (χ1) is 9.30. The van der Waals surface area contributed by atoms with Gasteiger partial charge in [-0.15, -0.1) is 0 Å². The molecule has 0 saturated heterocycles. The summed E-state index contributed by atoms with van der Waals surface area (Å²) in [5.74, 6) is -0.0532. The van der Waals surface area contributed by atoms with Crippen LogP contribution in [-0.4, -0.2) is 19.0 Å². The average Bonchev–Trinajstić information content (AvgIpc) is 2.62. The van der Waals surface area contributed by atoms with E-state index in [4.69, 9.17) is 9.47 Å². The first-order valence-electron chi connectivity index (χ1n) is 6.48. The maximum absolute atomic E-state index is 11.9. The van der Waals surface area contributed by atoms with Crippen LogP contribution in [0.1, 0.15) is 38.9 Å². The van der Waals surface area contributed by atoms with E-state index in [1.807, 2.05) is 20.8 Å². The monoisotopic (exact) mass is 277 g/mol. The smallest absolute Gasteiger partial charge is 0.307 e. The molecule has 1 aromatic rings. The fourth-order valence-corrected chi connectivity index (χ4v) is 2.06. The number of fused-ring (bicyclic) bond motifs is 1. The third-order valence-corrected chi connectivity index (χ3v) is 2.96. The second-order valence-electron chi connectivity index (χ2n) is 6.05. The topological polar surface area (TPSA) is 64.6 Å². The highest BCUT2D eigenvalue weighted by molar-refractivity contribution is 6.03. The second kappa shape index (κ2) is 5.15. The molecule has 1 unspecified atom stereocenters. The minimum atomic E-state index is -0.870. The molecule has 1 N–H and O–H groups in total. The summed E-state index contributed by atoms with van der Waals surface area (Å²) in [6.07, 6.45) is -0.604. The van der Waals surface area contributed by atoms with Gasteiger partial charge in [-0.05, 0) is 17.5 Å². The van der Waals surface area contributed by atoms with E-state index in [1.54, 1.807) is 25.3 Å². The van der Waals surface area contributed by atoms with Crippen molar-refractivity contribution in [1.29, 1.82) is 0 Å². The van der Waals surface area contributed by atoms with E-state index in [0.717, 1.165) is 0 Å². The molecule has 5 heteroatoms. The Morgan fingerprint density at radius 2 is 2.05 bits per heavy atom. The van der Waals surface area contributed by atoms with Crippen LogP contribution in [-0.2, 0) is 14.3 Å². The number of methoxy groups -OCH3 is 1. The number of anilines is 1. The summed E-state index contributed by atoms with van der Waals surface area (Å²) in [5, 5.41) is 2.69. The molecule has 0 spiro atoms. The zero-order valence-corrected chi connectivity index (χ0v) is 12.1. The maximum atomic E-state index is 11.9. The highest BCUT2D eigenvalue weighted by atomic mass is 16.5. The van der Waals surface area contributed by atoms with Gasteiger partial charge in [-0.1, -0.05) is 20.8 Å². The number of hydrogen-bond donors (Lipinski definition) is 1. The number of amides is 1. The van der Waals surface area contributed by atoms with Crippen molar-refractivity contribution in [3.63, 3.8) is 0 Å². The van der Waals surface area contributed by atoms with Crippen molar-refractivity contribution in [2.75, 3.05) is 12.4 Å². The summed E-state index contributed by atoms with van der Waals surface area (Å²) in [4.78, 5) is 23.8. The Morgan fingerprint density at radius 1 is 1.35 bits per heavy atom. The van der Waals surface area contributed by atoms with Crippen LogP contribution in [0.5, 0.6) is 5.75 Å².